The van der Waals surface area contributed by atoms with Crippen molar-refractivity contribution in [2.45, 2.75) is 6.36 Å². The van der Waals surface area contributed by atoms with Crippen molar-refractivity contribution in [1.29, 1.82) is 0 Å². The molecule has 21 heavy (non-hydrogen) atoms. The van der Waals surface area contributed by atoms with Gasteiger partial charge in [0.05, 0.1) is 10.6 Å². The van der Waals surface area contributed by atoms with Gasteiger partial charge in [-0.2, -0.15) is 0 Å². The van der Waals surface area contributed by atoms with E-state index in [9.17, 15) is 18.0 Å². The molecule has 0 aliphatic carbocycles. The number of benzene rings is 2. The highest BCUT2D eigenvalue weighted by molar-refractivity contribution is 6.68. The Hall–Kier alpha value is -1.72. The second-order valence-corrected chi connectivity index (χ2v) is 4.79. The Balaban J connectivity index is 2.36. The summed E-state index contributed by atoms with van der Waals surface area (Å²) in [5, 5.41) is -0.588. The van der Waals surface area contributed by atoms with E-state index < -0.39 is 11.6 Å². The van der Waals surface area contributed by atoms with E-state index in [1.807, 2.05) is 0 Å². The molecule has 7 heteroatoms. The van der Waals surface area contributed by atoms with Crippen LogP contribution in [-0.2, 0) is 0 Å². The van der Waals surface area contributed by atoms with E-state index in [1.54, 1.807) is 6.07 Å². The highest BCUT2D eigenvalue weighted by Crippen LogP contribution is 2.30. The highest BCUT2D eigenvalue weighted by atomic mass is 35.5. The summed E-state index contributed by atoms with van der Waals surface area (Å²) in [6.07, 6.45) is -4.76. The van der Waals surface area contributed by atoms with Crippen LogP contribution in [0.15, 0.2) is 42.5 Å². The van der Waals surface area contributed by atoms with E-state index in [-0.39, 0.29) is 16.3 Å². The summed E-state index contributed by atoms with van der Waals surface area (Å²) in [4.78, 5) is 11.1. The van der Waals surface area contributed by atoms with Gasteiger partial charge in [0.1, 0.15) is 5.75 Å². The fourth-order valence-electron chi connectivity index (χ4n) is 1.73. The van der Waals surface area contributed by atoms with Crippen molar-refractivity contribution in [3.05, 3.63) is 53.1 Å². The minimum Gasteiger partial charge on any atom is -0.406 e. The van der Waals surface area contributed by atoms with Crippen LogP contribution >= 0.6 is 23.2 Å². The average Bonchev–Trinajstić information content (AvgIpc) is 2.36. The smallest absolute Gasteiger partial charge is 0.406 e. The van der Waals surface area contributed by atoms with Gasteiger partial charge in [0.25, 0.3) is 5.24 Å². The van der Waals surface area contributed by atoms with E-state index in [2.05, 4.69) is 4.74 Å². The van der Waals surface area contributed by atoms with Crippen LogP contribution in [0.1, 0.15) is 10.4 Å². The zero-order valence-electron chi connectivity index (χ0n) is 10.2. The van der Waals surface area contributed by atoms with Crippen LogP contribution in [0.5, 0.6) is 5.75 Å². The van der Waals surface area contributed by atoms with E-state index >= 15 is 0 Å². The zero-order chi connectivity index (χ0) is 15.6. The number of ether oxygens (including phenoxy) is 1. The van der Waals surface area contributed by atoms with Gasteiger partial charge < -0.3 is 4.74 Å². The molecule has 0 amide bonds. The summed E-state index contributed by atoms with van der Waals surface area (Å²) in [6, 6.07) is 9.82. The lowest BCUT2D eigenvalue weighted by molar-refractivity contribution is -0.274. The summed E-state index contributed by atoms with van der Waals surface area (Å²) >= 11 is 11.2. The van der Waals surface area contributed by atoms with Crippen molar-refractivity contribution >= 4 is 28.4 Å². The molecule has 0 saturated heterocycles. The first kappa shape index (κ1) is 15.7. The quantitative estimate of drug-likeness (QED) is 0.713. The van der Waals surface area contributed by atoms with Gasteiger partial charge in [-0.3, -0.25) is 4.79 Å². The molecule has 0 aliphatic heterocycles. The largest absolute Gasteiger partial charge is 0.573 e. The lowest BCUT2D eigenvalue weighted by atomic mass is 10.0. The van der Waals surface area contributed by atoms with Crippen LogP contribution in [-0.4, -0.2) is 11.6 Å². The van der Waals surface area contributed by atoms with Crippen LogP contribution in [0.25, 0.3) is 11.1 Å². The van der Waals surface area contributed by atoms with Crippen molar-refractivity contribution in [2.24, 2.45) is 0 Å². The van der Waals surface area contributed by atoms with Gasteiger partial charge in [0, 0.05) is 0 Å². The number of hydrogen-bond donors (Lipinski definition) is 0. The molecular weight excluding hydrogens is 328 g/mol. The maximum atomic E-state index is 12.2. The minimum absolute atomic E-state index is 0.120. The molecule has 110 valence electrons. The third-order valence-electron chi connectivity index (χ3n) is 2.58. The average molecular weight is 335 g/mol. The molecule has 2 rings (SSSR count). The lowest BCUT2D eigenvalue weighted by Crippen LogP contribution is -2.17. The van der Waals surface area contributed by atoms with Crippen molar-refractivity contribution in [1.82, 2.24) is 0 Å². The number of hydrogen-bond acceptors (Lipinski definition) is 2. The van der Waals surface area contributed by atoms with Crippen molar-refractivity contribution in [3.8, 4) is 16.9 Å². The summed E-state index contributed by atoms with van der Waals surface area (Å²) < 4.78 is 40.4. The molecule has 0 atom stereocenters. The second-order valence-electron chi connectivity index (χ2n) is 4.04. The molecule has 0 spiro atoms. The first-order valence-corrected chi connectivity index (χ1v) is 6.37. The normalized spacial score (nSPS) is 11.3. The summed E-state index contributed by atoms with van der Waals surface area (Å²) in [5.74, 6) is -0.339. The number of rotatable bonds is 3. The van der Waals surface area contributed by atoms with Gasteiger partial charge in [-0.15, -0.1) is 13.2 Å². The monoisotopic (exact) mass is 334 g/mol. The SMILES string of the molecule is O=C(Cl)c1ccc(-c2cccc(OC(F)(F)F)c2)cc1Cl. The molecule has 0 heterocycles. The molecule has 0 radical (unpaired) electrons. The maximum Gasteiger partial charge on any atom is 0.573 e. The molecular formula is C14H7Cl2F3O2. The van der Waals surface area contributed by atoms with Crippen molar-refractivity contribution in [2.75, 3.05) is 0 Å². The van der Waals surface area contributed by atoms with Crippen molar-refractivity contribution < 1.29 is 22.7 Å². The molecule has 0 aliphatic rings. The summed E-state index contributed by atoms with van der Waals surface area (Å²) in [7, 11) is 0. The number of halogens is 5. The zero-order valence-corrected chi connectivity index (χ0v) is 11.8. The molecule has 2 aromatic rings. The third kappa shape index (κ3) is 4.12. The van der Waals surface area contributed by atoms with Gasteiger partial charge >= 0.3 is 6.36 Å². The van der Waals surface area contributed by atoms with Gasteiger partial charge in [-0.1, -0.05) is 29.8 Å². The van der Waals surface area contributed by atoms with Gasteiger partial charge in [-0.25, -0.2) is 0 Å². The molecule has 0 unspecified atom stereocenters. The topological polar surface area (TPSA) is 26.3 Å². The van der Waals surface area contributed by atoms with Gasteiger partial charge in [-0.05, 0) is 47.0 Å². The molecule has 0 N–H and O–H groups in total. The van der Waals surface area contributed by atoms with E-state index in [1.165, 1.54) is 36.4 Å². The maximum absolute atomic E-state index is 12.2. The molecule has 2 aromatic carbocycles. The minimum atomic E-state index is -4.76. The molecule has 2 nitrogen and oxygen atoms in total. The summed E-state index contributed by atoms with van der Waals surface area (Å²) in [5.41, 5.74) is 1.13. The first-order chi connectivity index (χ1) is 9.76. The fourth-order valence-corrected chi connectivity index (χ4v) is 2.21. The Bertz CT molecular complexity index is 684. The van der Waals surface area contributed by atoms with Crippen molar-refractivity contribution in [3.63, 3.8) is 0 Å². The van der Waals surface area contributed by atoms with Crippen LogP contribution in [0, 0.1) is 0 Å². The summed E-state index contributed by atoms with van der Waals surface area (Å²) in [6.45, 7) is 0. The Morgan fingerprint density at radius 2 is 1.71 bits per heavy atom. The van der Waals surface area contributed by atoms with E-state index in [0.29, 0.717) is 11.1 Å². The second kappa shape index (κ2) is 5.95. The predicted molar refractivity (Wildman–Crippen MR) is 73.8 cm³/mol. The number of alkyl halides is 3. The molecule has 0 bridgehead atoms. The Labute approximate surface area is 128 Å². The van der Waals surface area contributed by atoms with E-state index in [4.69, 9.17) is 23.2 Å². The van der Waals surface area contributed by atoms with Gasteiger partial charge in [0.2, 0.25) is 0 Å². The van der Waals surface area contributed by atoms with Crippen LogP contribution < -0.4 is 4.74 Å². The van der Waals surface area contributed by atoms with Crippen LogP contribution in [0.3, 0.4) is 0 Å². The van der Waals surface area contributed by atoms with Crippen LogP contribution in [0.2, 0.25) is 5.02 Å². The Morgan fingerprint density at radius 3 is 2.29 bits per heavy atom. The van der Waals surface area contributed by atoms with Crippen LogP contribution in [0.4, 0.5) is 13.2 Å². The molecule has 0 saturated carbocycles. The molecule has 0 aromatic heterocycles. The third-order valence-corrected chi connectivity index (χ3v) is 3.10. The Kier molecular flexibility index (Phi) is 4.44. The predicted octanol–water partition coefficient (Wildman–Crippen LogP) is 5.28. The standard InChI is InChI=1S/C14H7Cl2F3O2/c15-12-7-9(4-5-11(12)13(16)20)8-2-1-3-10(6-8)21-14(17,18)19/h1-7H. The molecule has 0 fully saturated rings. The fraction of sp³-hybridized carbons (Fsp3) is 0.0714. The highest BCUT2D eigenvalue weighted by Gasteiger charge is 2.31. The number of carbonyl (C=O) groups excluding carboxylic acids is 1. The van der Waals surface area contributed by atoms with Gasteiger partial charge in [0.15, 0.2) is 0 Å². The van der Waals surface area contributed by atoms with E-state index in [0.717, 1.165) is 0 Å². The first-order valence-electron chi connectivity index (χ1n) is 5.62. The Morgan fingerprint density at radius 1 is 1.05 bits per heavy atom. The number of carbonyl (C=O) groups is 1. The lowest BCUT2D eigenvalue weighted by Gasteiger charge is -2.10.